The molecule has 172 valence electrons. The summed E-state index contributed by atoms with van der Waals surface area (Å²) in [4.78, 5) is -0.0541. The Morgan fingerprint density at radius 3 is 2.29 bits per heavy atom. The van der Waals surface area contributed by atoms with Crippen LogP contribution in [0.15, 0.2) is 89.8 Å². The van der Waals surface area contributed by atoms with Gasteiger partial charge in [-0.3, -0.25) is 4.55 Å². The molecule has 1 heterocycles. The Bertz CT molecular complexity index is 1470. The highest BCUT2D eigenvalue weighted by atomic mass is 32.2. The van der Waals surface area contributed by atoms with E-state index < -0.39 is 10.1 Å². The molecule has 5 rings (SSSR count). The second kappa shape index (κ2) is 8.75. The van der Waals surface area contributed by atoms with Gasteiger partial charge in [-0.25, -0.2) is 0 Å². The summed E-state index contributed by atoms with van der Waals surface area (Å²) in [7, 11) is -4.31. The minimum absolute atomic E-state index is 0.0541. The molecule has 0 amide bonds. The standard InChI is InChI=1S/C29H26O4S/c1-19-7-6-10-22(13-19)27-18-23(21-8-4-3-5-9-21)15-25-17-26(33-29(25)27)16-24-14-20(2)11-12-28(24)34(30,31)32/h3-15,18,26H,16-17H2,1-2H3,(H,30,31,32). The van der Waals surface area contributed by atoms with E-state index in [1.54, 1.807) is 6.07 Å². The monoisotopic (exact) mass is 470 g/mol. The molecule has 1 aliphatic heterocycles. The van der Waals surface area contributed by atoms with Crippen LogP contribution in [0.4, 0.5) is 0 Å². The van der Waals surface area contributed by atoms with E-state index in [1.807, 2.05) is 37.3 Å². The third-order valence-electron chi connectivity index (χ3n) is 6.28. The van der Waals surface area contributed by atoms with Gasteiger partial charge in [0, 0.05) is 18.4 Å². The van der Waals surface area contributed by atoms with Crippen LogP contribution in [0.1, 0.15) is 22.3 Å². The molecule has 1 aliphatic rings. The van der Waals surface area contributed by atoms with Crippen molar-refractivity contribution in [1.82, 2.24) is 0 Å². The fourth-order valence-electron chi connectivity index (χ4n) is 4.74. The maximum Gasteiger partial charge on any atom is 0.294 e. The smallest absolute Gasteiger partial charge is 0.294 e. The Morgan fingerprint density at radius 2 is 1.56 bits per heavy atom. The molecule has 1 unspecified atom stereocenters. The molecule has 1 N–H and O–H groups in total. The number of fused-ring (bicyclic) bond motifs is 1. The minimum atomic E-state index is -4.31. The van der Waals surface area contributed by atoms with E-state index in [0.29, 0.717) is 18.4 Å². The normalized spacial score (nSPS) is 15.1. The lowest BCUT2D eigenvalue weighted by atomic mass is 9.93. The van der Waals surface area contributed by atoms with Gasteiger partial charge in [0.1, 0.15) is 11.9 Å². The molecular formula is C29H26O4S. The van der Waals surface area contributed by atoms with Crippen LogP contribution < -0.4 is 4.74 Å². The molecule has 1 atom stereocenters. The Morgan fingerprint density at radius 1 is 0.824 bits per heavy atom. The molecule has 0 bridgehead atoms. The molecule has 0 spiro atoms. The molecule has 0 radical (unpaired) electrons. The summed E-state index contributed by atoms with van der Waals surface area (Å²) in [6, 6.07) is 27.9. The van der Waals surface area contributed by atoms with Crippen molar-refractivity contribution in [2.75, 3.05) is 0 Å². The molecule has 0 fully saturated rings. The van der Waals surface area contributed by atoms with Crippen LogP contribution in [-0.2, 0) is 23.0 Å². The van der Waals surface area contributed by atoms with Crippen molar-refractivity contribution in [3.05, 3.63) is 107 Å². The Balaban J connectivity index is 1.56. The molecule has 34 heavy (non-hydrogen) atoms. The summed E-state index contributed by atoms with van der Waals surface area (Å²) in [6.07, 6.45) is 0.819. The summed E-state index contributed by atoms with van der Waals surface area (Å²) in [6.45, 7) is 3.98. The van der Waals surface area contributed by atoms with Gasteiger partial charge in [0.25, 0.3) is 10.1 Å². The van der Waals surface area contributed by atoms with Crippen LogP contribution in [0.3, 0.4) is 0 Å². The predicted molar refractivity (Wildman–Crippen MR) is 135 cm³/mol. The molecule has 4 aromatic rings. The molecule has 5 heteroatoms. The second-order valence-corrected chi connectivity index (χ2v) is 10.4. The summed E-state index contributed by atoms with van der Waals surface area (Å²) < 4.78 is 40.1. The zero-order valence-electron chi connectivity index (χ0n) is 19.2. The van der Waals surface area contributed by atoms with Gasteiger partial charge in [-0.2, -0.15) is 8.42 Å². The van der Waals surface area contributed by atoms with Crippen LogP contribution in [-0.4, -0.2) is 19.1 Å². The molecule has 0 saturated carbocycles. The van der Waals surface area contributed by atoms with E-state index in [4.69, 9.17) is 4.74 Å². The number of rotatable bonds is 5. The van der Waals surface area contributed by atoms with Gasteiger partial charge < -0.3 is 4.74 Å². The molecule has 4 nitrogen and oxygen atoms in total. The van der Waals surface area contributed by atoms with Crippen LogP contribution in [0.25, 0.3) is 22.3 Å². The number of hydrogen-bond donors (Lipinski definition) is 1. The predicted octanol–water partition coefficient (Wildman–Crippen LogP) is 6.43. The van der Waals surface area contributed by atoms with Gasteiger partial charge in [-0.15, -0.1) is 0 Å². The maximum absolute atomic E-state index is 11.9. The second-order valence-electron chi connectivity index (χ2n) is 8.98. The quantitative estimate of drug-likeness (QED) is 0.341. The van der Waals surface area contributed by atoms with Gasteiger partial charge >= 0.3 is 0 Å². The lowest BCUT2D eigenvalue weighted by Gasteiger charge is -2.16. The summed E-state index contributed by atoms with van der Waals surface area (Å²) in [5, 5.41) is 0. The van der Waals surface area contributed by atoms with Crippen molar-refractivity contribution in [2.45, 2.75) is 37.7 Å². The largest absolute Gasteiger partial charge is 0.489 e. The highest BCUT2D eigenvalue weighted by Gasteiger charge is 2.29. The van der Waals surface area contributed by atoms with E-state index in [0.717, 1.165) is 39.1 Å². The van der Waals surface area contributed by atoms with Crippen molar-refractivity contribution in [3.63, 3.8) is 0 Å². The van der Waals surface area contributed by atoms with Crippen molar-refractivity contribution in [1.29, 1.82) is 0 Å². The lowest BCUT2D eigenvalue weighted by molar-refractivity contribution is 0.233. The topological polar surface area (TPSA) is 63.6 Å². The third-order valence-corrected chi connectivity index (χ3v) is 7.23. The maximum atomic E-state index is 11.9. The summed E-state index contributed by atoms with van der Waals surface area (Å²) in [5.41, 5.74) is 8.15. The number of hydrogen-bond acceptors (Lipinski definition) is 3. The zero-order valence-corrected chi connectivity index (χ0v) is 20.0. The first kappa shape index (κ1) is 22.4. The summed E-state index contributed by atoms with van der Waals surface area (Å²) >= 11 is 0. The Kier molecular flexibility index (Phi) is 5.76. The van der Waals surface area contributed by atoms with E-state index in [1.165, 1.54) is 11.6 Å². The fraction of sp³-hybridized carbons (Fsp3) is 0.172. The van der Waals surface area contributed by atoms with Gasteiger partial charge in [0.05, 0.1) is 4.90 Å². The van der Waals surface area contributed by atoms with Crippen molar-refractivity contribution < 1.29 is 17.7 Å². The lowest BCUT2D eigenvalue weighted by Crippen LogP contribution is -2.18. The number of aryl methyl sites for hydroxylation is 2. The van der Waals surface area contributed by atoms with E-state index in [-0.39, 0.29) is 11.0 Å². The van der Waals surface area contributed by atoms with E-state index in [9.17, 15) is 13.0 Å². The van der Waals surface area contributed by atoms with Crippen LogP contribution in [0.5, 0.6) is 5.75 Å². The highest BCUT2D eigenvalue weighted by molar-refractivity contribution is 7.85. The third kappa shape index (κ3) is 4.49. The van der Waals surface area contributed by atoms with E-state index >= 15 is 0 Å². The fourth-order valence-corrected chi connectivity index (χ4v) is 5.45. The van der Waals surface area contributed by atoms with Gasteiger partial charge in [0.15, 0.2) is 0 Å². The Hall–Kier alpha value is -3.41. The average Bonchev–Trinajstić information content (AvgIpc) is 3.20. The number of ether oxygens (including phenoxy) is 1. The van der Waals surface area contributed by atoms with Gasteiger partial charge in [-0.1, -0.05) is 77.9 Å². The van der Waals surface area contributed by atoms with Gasteiger partial charge in [0.2, 0.25) is 0 Å². The molecule has 0 aliphatic carbocycles. The Labute approximate surface area is 200 Å². The highest BCUT2D eigenvalue weighted by Crippen LogP contribution is 2.43. The minimum Gasteiger partial charge on any atom is -0.489 e. The van der Waals surface area contributed by atoms with Crippen LogP contribution in [0, 0.1) is 13.8 Å². The average molecular weight is 471 g/mol. The molecule has 0 saturated heterocycles. The van der Waals surface area contributed by atoms with Crippen molar-refractivity contribution in [2.24, 2.45) is 0 Å². The number of benzene rings is 4. The first-order chi connectivity index (χ1) is 16.3. The summed E-state index contributed by atoms with van der Waals surface area (Å²) in [5.74, 6) is 0.844. The van der Waals surface area contributed by atoms with Crippen molar-refractivity contribution in [3.8, 4) is 28.0 Å². The molecule has 0 aromatic heterocycles. The van der Waals surface area contributed by atoms with E-state index in [2.05, 4.69) is 49.4 Å². The molecular weight excluding hydrogens is 444 g/mol. The van der Waals surface area contributed by atoms with Crippen LogP contribution in [0.2, 0.25) is 0 Å². The van der Waals surface area contributed by atoms with Crippen molar-refractivity contribution >= 4 is 10.1 Å². The van der Waals surface area contributed by atoms with Crippen LogP contribution >= 0.6 is 0 Å². The molecule has 4 aromatic carbocycles. The SMILES string of the molecule is Cc1cccc(-c2cc(-c3ccccc3)cc3c2OC(Cc2cc(C)ccc2S(=O)(=O)O)C3)c1. The first-order valence-electron chi connectivity index (χ1n) is 11.3. The zero-order chi connectivity index (χ0) is 23.9. The van der Waals surface area contributed by atoms with Gasteiger partial charge in [-0.05, 0) is 59.9 Å². The first-order valence-corrected chi connectivity index (χ1v) is 12.7.